The first kappa shape index (κ1) is 20.4. The van der Waals surface area contributed by atoms with Gasteiger partial charge in [-0.05, 0) is 43.3 Å². The maximum atomic E-state index is 12.1. The Morgan fingerprint density at radius 2 is 1.86 bits per heavy atom. The van der Waals surface area contributed by atoms with E-state index in [1.54, 1.807) is 42.5 Å². The summed E-state index contributed by atoms with van der Waals surface area (Å²) < 4.78 is 15.8. The standard InChI is InChI=1S/C21H18ClNO6/c1-13-2-7-18-16(10-13)17(24)11-19(29-18)21(26)28-12-20(25)23-8-9-27-15-5-3-14(22)4-6-15/h2-7,10-11H,8-9,12H2,1H3,(H,23,25). The summed E-state index contributed by atoms with van der Waals surface area (Å²) in [6, 6.07) is 12.9. The number of ether oxygens (including phenoxy) is 2. The van der Waals surface area contributed by atoms with Gasteiger partial charge in [-0.15, -0.1) is 0 Å². The molecule has 0 atom stereocenters. The first-order chi connectivity index (χ1) is 13.9. The fraction of sp³-hybridized carbons (Fsp3) is 0.190. The minimum Gasteiger partial charge on any atom is -0.492 e. The zero-order valence-electron chi connectivity index (χ0n) is 15.6. The van der Waals surface area contributed by atoms with Crippen LogP contribution in [-0.4, -0.2) is 31.6 Å². The second-order valence-corrected chi connectivity index (χ2v) is 6.64. The average Bonchev–Trinajstić information content (AvgIpc) is 2.71. The summed E-state index contributed by atoms with van der Waals surface area (Å²) in [4.78, 5) is 36.0. The maximum Gasteiger partial charge on any atom is 0.374 e. The van der Waals surface area contributed by atoms with Crippen molar-refractivity contribution in [3.05, 3.63) is 75.1 Å². The van der Waals surface area contributed by atoms with Crippen LogP contribution in [0.25, 0.3) is 11.0 Å². The molecule has 3 rings (SSSR count). The Labute approximate surface area is 171 Å². The molecule has 7 nitrogen and oxygen atoms in total. The Morgan fingerprint density at radius 3 is 2.62 bits per heavy atom. The zero-order chi connectivity index (χ0) is 20.8. The summed E-state index contributed by atoms with van der Waals surface area (Å²) in [6.07, 6.45) is 0. The lowest BCUT2D eigenvalue weighted by atomic mass is 10.1. The molecule has 2 aromatic carbocycles. The van der Waals surface area contributed by atoms with Crippen molar-refractivity contribution in [3.63, 3.8) is 0 Å². The molecule has 1 N–H and O–H groups in total. The summed E-state index contributed by atoms with van der Waals surface area (Å²) in [5.41, 5.74) is 0.821. The van der Waals surface area contributed by atoms with Gasteiger partial charge in [-0.2, -0.15) is 0 Å². The molecule has 0 radical (unpaired) electrons. The molecule has 0 aliphatic rings. The Hall–Kier alpha value is -3.32. The molecule has 1 aromatic heterocycles. The van der Waals surface area contributed by atoms with Crippen LogP contribution in [-0.2, 0) is 9.53 Å². The van der Waals surface area contributed by atoms with E-state index in [4.69, 9.17) is 25.5 Å². The first-order valence-electron chi connectivity index (χ1n) is 8.79. The molecule has 0 aliphatic carbocycles. The molecule has 0 saturated heterocycles. The van der Waals surface area contributed by atoms with Crippen molar-refractivity contribution in [2.24, 2.45) is 0 Å². The Morgan fingerprint density at radius 1 is 1.10 bits per heavy atom. The second-order valence-electron chi connectivity index (χ2n) is 6.20. The van der Waals surface area contributed by atoms with E-state index in [0.29, 0.717) is 16.2 Å². The van der Waals surface area contributed by atoms with Crippen LogP contribution in [0, 0.1) is 6.92 Å². The van der Waals surface area contributed by atoms with E-state index in [1.165, 1.54) is 0 Å². The highest BCUT2D eigenvalue weighted by molar-refractivity contribution is 6.30. The third kappa shape index (κ3) is 5.58. The van der Waals surface area contributed by atoms with Gasteiger partial charge in [0.2, 0.25) is 5.76 Å². The molecule has 3 aromatic rings. The molecule has 1 amide bonds. The highest BCUT2D eigenvalue weighted by Gasteiger charge is 2.15. The third-order valence-corrected chi connectivity index (χ3v) is 4.18. The van der Waals surface area contributed by atoms with Gasteiger partial charge >= 0.3 is 5.97 Å². The smallest absolute Gasteiger partial charge is 0.374 e. The summed E-state index contributed by atoms with van der Waals surface area (Å²) in [5, 5.41) is 3.54. The monoisotopic (exact) mass is 415 g/mol. The van der Waals surface area contributed by atoms with Crippen LogP contribution < -0.4 is 15.5 Å². The van der Waals surface area contributed by atoms with Crippen LogP contribution in [0.2, 0.25) is 5.02 Å². The number of benzene rings is 2. The number of aryl methyl sites for hydroxylation is 1. The van der Waals surface area contributed by atoms with E-state index in [0.717, 1.165) is 11.6 Å². The van der Waals surface area contributed by atoms with Gasteiger partial charge in [0.25, 0.3) is 5.91 Å². The van der Waals surface area contributed by atoms with Crippen molar-refractivity contribution < 1.29 is 23.5 Å². The molecule has 0 aliphatic heterocycles. The molecule has 0 saturated carbocycles. The van der Waals surface area contributed by atoms with Crippen molar-refractivity contribution in [3.8, 4) is 5.75 Å². The van der Waals surface area contributed by atoms with E-state index >= 15 is 0 Å². The Balaban J connectivity index is 1.46. The lowest BCUT2D eigenvalue weighted by molar-refractivity contribution is -0.124. The number of hydrogen-bond acceptors (Lipinski definition) is 6. The average molecular weight is 416 g/mol. The SMILES string of the molecule is Cc1ccc2oc(C(=O)OCC(=O)NCCOc3ccc(Cl)cc3)cc(=O)c2c1. The molecule has 8 heteroatoms. The van der Waals surface area contributed by atoms with E-state index in [1.807, 2.05) is 6.92 Å². The van der Waals surface area contributed by atoms with Crippen LogP contribution in [0.15, 0.2) is 57.7 Å². The number of fused-ring (bicyclic) bond motifs is 1. The van der Waals surface area contributed by atoms with E-state index in [9.17, 15) is 14.4 Å². The first-order valence-corrected chi connectivity index (χ1v) is 9.17. The molecule has 150 valence electrons. The van der Waals surface area contributed by atoms with Gasteiger partial charge in [-0.25, -0.2) is 4.79 Å². The number of esters is 1. The fourth-order valence-corrected chi connectivity index (χ4v) is 2.64. The topological polar surface area (TPSA) is 94.8 Å². The van der Waals surface area contributed by atoms with Crippen molar-refractivity contribution in [2.45, 2.75) is 6.92 Å². The highest BCUT2D eigenvalue weighted by Crippen LogP contribution is 2.16. The van der Waals surface area contributed by atoms with Crippen molar-refractivity contribution in [1.29, 1.82) is 0 Å². The summed E-state index contributed by atoms with van der Waals surface area (Å²) in [6.45, 7) is 1.80. The molecular weight excluding hydrogens is 398 g/mol. The second kappa shape index (κ2) is 9.25. The Bertz CT molecular complexity index is 1090. The van der Waals surface area contributed by atoms with Crippen molar-refractivity contribution >= 4 is 34.4 Å². The molecule has 29 heavy (non-hydrogen) atoms. The van der Waals surface area contributed by atoms with Crippen LogP contribution in [0.5, 0.6) is 5.75 Å². The van der Waals surface area contributed by atoms with Crippen LogP contribution >= 0.6 is 11.6 Å². The van der Waals surface area contributed by atoms with Gasteiger partial charge in [-0.3, -0.25) is 9.59 Å². The van der Waals surface area contributed by atoms with Crippen molar-refractivity contribution in [2.75, 3.05) is 19.8 Å². The number of amides is 1. The minimum atomic E-state index is -0.892. The predicted molar refractivity (Wildman–Crippen MR) is 107 cm³/mol. The molecule has 1 heterocycles. The molecule has 0 spiro atoms. The highest BCUT2D eigenvalue weighted by atomic mass is 35.5. The number of rotatable bonds is 7. The molecule has 0 bridgehead atoms. The summed E-state index contributed by atoms with van der Waals surface area (Å²) >= 11 is 5.78. The quantitative estimate of drug-likeness (QED) is 0.470. The number of nitrogens with one attached hydrogen (secondary N) is 1. The van der Waals surface area contributed by atoms with Gasteiger partial charge < -0.3 is 19.2 Å². The van der Waals surface area contributed by atoms with Crippen LogP contribution in [0.1, 0.15) is 16.1 Å². The van der Waals surface area contributed by atoms with Crippen LogP contribution in [0.3, 0.4) is 0 Å². The van der Waals surface area contributed by atoms with Gasteiger partial charge in [0.15, 0.2) is 12.0 Å². The summed E-state index contributed by atoms with van der Waals surface area (Å²) in [5.74, 6) is -1.03. The number of carbonyl (C=O) groups is 2. The van der Waals surface area contributed by atoms with Gasteiger partial charge in [-0.1, -0.05) is 23.2 Å². The van der Waals surface area contributed by atoms with Crippen molar-refractivity contribution in [1.82, 2.24) is 5.32 Å². The minimum absolute atomic E-state index is 0.226. The molecule has 0 unspecified atom stereocenters. The molecular formula is C21H18ClNO6. The predicted octanol–water partition coefficient (Wildman–Crippen LogP) is 3.11. The van der Waals surface area contributed by atoms with Gasteiger partial charge in [0.05, 0.1) is 11.9 Å². The maximum absolute atomic E-state index is 12.1. The van der Waals surface area contributed by atoms with Gasteiger partial charge in [0, 0.05) is 11.1 Å². The number of carbonyl (C=O) groups excluding carboxylic acids is 2. The third-order valence-electron chi connectivity index (χ3n) is 3.92. The van der Waals surface area contributed by atoms with E-state index in [-0.39, 0.29) is 29.9 Å². The van der Waals surface area contributed by atoms with Gasteiger partial charge in [0.1, 0.15) is 17.9 Å². The number of hydrogen-bond donors (Lipinski definition) is 1. The number of halogens is 1. The molecule has 0 fully saturated rings. The largest absolute Gasteiger partial charge is 0.492 e. The fourth-order valence-electron chi connectivity index (χ4n) is 2.51. The lowest BCUT2D eigenvalue weighted by Crippen LogP contribution is -2.32. The normalized spacial score (nSPS) is 10.6. The zero-order valence-corrected chi connectivity index (χ0v) is 16.3. The summed E-state index contributed by atoms with van der Waals surface area (Å²) in [7, 11) is 0. The van der Waals surface area contributed by atoms with E-state index in [2.05, 4.69) is 5.32 Å². The van der Waals surface area contributed by atoms with E-state index < -0.39 is 18.5 Å². The lowest BCUT2D eigenvalue weighted by Gasteiger charge is -2.08. The Kier molecular flexibility index (Phi) is 6.51. The van der Waals surface area contributed by atoms with Crippen LogP contribution in [0.4, 0.5) is 0 Å².